The smallest absolute Gasteiger partial charge is 0.310 e. The molecule has 0 fully saturated rings. The lowest BCUT2D eigenvalue weighted by Gasteiger charge is -2.09. The van der Waals surface area contributed by atoms with E-state index in [0.29, 0.717) is 11.4 Å². The highest BCUT2D eigenvalue weighted by atomic mass is 32.1. The molecule has 1 rings (SSSR count). The lowest BCUT2D eigenvalue weighted by atomic mass is 10.2. The van der Waals surface area contributed by atoms with E-state index < -0.39 is 0 Å². The second-order valence-corrected chi connectivity index (χ2v) is 4.06. The normalized spacial score (nSPS) is 11.9. The summed E-state index contributed by atoms with van der Waals surface area (Å²) in [6, 6.07) is 3.55. The Morgan fingerprint density at radius 2 is 2.33 bits per heavy atom. The van der Waals surface area contributed by atoms with Crippen LogP contribution in [-0.4, -0.2) is 25.5 Å². The molecule has 0 bridgehead atoms. The van der Waals surface area contributed by atoms with Crippen LogP contribution < -0.4 is 5.32 Å². The number of amides is 1. The summed E-state index contributed by atoms with van der Waals surface area (Å²) in [5.74, 6) is -0.791. The van der Waals surface area contributed by atoms with Crippen LogP contribution in [0.15, 0.2) is 17.5 Å². The Morgan fingerprint density at radius 1 is 1.60 bits per heavy atom. The van der Waals surface area contributed by atoms with E-state index in [1.807, 2.05) is 11.4 Å². The van der Waals surface area contributed by atoms with Gasteiger partial charge in [0.05, 0.1) is 17.9 Å². The number of esters is 1. The first-order chi connectivity index (χ1) is 7.15. The summed E-state index contributed by atoms with van der Waals surface area (Å²) in [4.78, 5) is 23.2. The second-order valence-electron chi connectivity index (χ2n) is 3.11. The molecule has 1 unspecified atom stereocenters. The molecule has 4 nitrogen and oxygen atoms in total. The highest BCUT2D eigenvalue weighted by Gasteiger charge is 2.14. The van der Waals surface area contributed by atoms with Crippen molar-refractivity contribution in [2.24, 2.45) is 5.92 Å². The number of hydrogen-bond acceptors (Lipinski definition) is 4. The second kappa shape index (κ2) is 5.50. The summed E-state index contributed by atoms with van der Waals surface area (Å²) in [6.07, 6.45) is 0. The zero-order valence-electron chi connectivity index (χ0n) is 8.65. The molecule has 0 aliphatic rings. The van der Waals surface area contributed by atoms with E-state index in [-0.39, 0.29) is 17.8 Å². The van der Waals surface area contributed by atoms with Gasteiger partial charge in [-0.2, -0.15) is 0 Å². The highest BCUT2D eigenvalue weighted by Crippen LogP contribution is 2.08. The fourth-order valence-corrected chi connectivity index (χ4v) is 1.67. The third kappa shape index (κ3) is 3.36. The lowest BCUT2D eigenvalue weighted by molar-refractivity contribution is -0.144. The number of methoxy groups -OCH3 is 1. The number of carbonyl (C=O) groups excluding carboxylic acids is 2. The molecule has 1 aromatic rings. The van der Waals surface area contributed by atoms with E-state index in [4.69, 9.17) is 0 Å². The summed E-state index contributed by atoms with van der Waals surface area (Å²) in [7, 11) is 1.33. The number of nitrogens with one attached hydrogen (secondary N) is 1. The van der Waals surface area contributed by atoms with E-state index in [0.717, 1.165) is 0 Å². The standard InChI is InChI=1S/C10H13NO3S/c1-7(10(13)14-2)6-11-9(12)8-4-3-5-15-8/h3-5,7H,6H2,1-2H3,(H,11,12). The predicted molar refractivity (Wildman–Crippen MR) is 57.8 cm³/mol. The maximum atomic E-state index is 11.5. The van der Waals surface area contributed by atoms with Crippen molar-refractivity contribution in [1.29, 1.82) is 0 Å². The molecule has 0 radical (unpaired) electrons. The minimum absolute atomic E-state index is 0.152. The van der Waals surface area contributed by atoms with Gasteiger partial charge >= 0.3 is 5.97 Å². The molecule has 0 spiro atoms. The van der Waals surface area contributed by atoms with E-state index >= 15 is 0 Å². The molecule has 15 heavy (non-hydrogen) atoms. The van der Waals surface area contributed by atoms with Crippen LogP contribution in [0, 0.1) is 5.92 Å². The van der Waals surface area contributed by atoms with E-state index in [2.05, 4.69) is 10.1 Å². The molecular weight excluding hydrogens is 214 g/mol. The van der Waals surface area contributed by atoms with Gasteiger partial charge in [-0.25, -0.2) is 0 Å². The maximum Gasteiger partial charge on any atom is 0.310 e. The fourth-order valence-electron chi connectivity index (χ4n) is 1.03. The van der Waals surface area contributed by atoms with Crippen LogP contribution in [0.25, 0.3) is 0 Å². The van der Waals surface area contributed by atoms with Crippen molar-refractivity contribution in [1.82, 2.24) is 5.32 Å². The van der Waals surface area contributed by atoms with Crippen molar-refractivity contribution < 1.29 is 14.3 Å². The number of ether oxygens (including phenoxy) is 1. The lowest BCUT2D eigenvalue weighted by Crippen LogP contribution is -2.31. The molecule has 5 heteroatoms. The van der Waals surface area contributed by atoms with Crippen LogP contribution in [-0.2, 0) is 9.53 Å². The molecule has 0 aliphatic carbocycles. The minimum Gasteiger partial charge on any atom is -0.469 e. The van der Waals surface area contributed by atoms with Crippen LogP contribution in [0.2, 0.25) is 0 Å². The first kappa shape index (κ1) is 11.7. The van der Waals surface area contributed by atoms with Gasteiger partial charge in [0, 0.05) is 6.54 Å². The van der Waals surface area contributed by atoms with Gasteiger partial charge in [-0.05, 0) is 11.4 Å². The monoisotopic (exact) mass is 227 g/mol. The number of hydrogen-bond donors (Lipinski definition) is 1. The number of thiophene rings is 1. The maximum absolute atomic E-state index is 11.5. The average Bonchev–Trinajstić information content (AvgIpc) is 2.77. The molecule has 1 amide bonds. The van der Waals surface area contributed by atoms with Crippen LogP contribution in [0.5, 0.6) is 0 Å². The molecule has 0 saturated heterocycles. The predicted octanol–water partition coefficient (Wildman–Crippen LogP) is 1.29. The van der Waals surface area contributed by atoms with Crippen LogP contribution in [0.1, 0.15) is 16.6 Å². The SMILES string of the molecule is COC(=O)C(C)CNC(=O)c1cccs1. The first-order valence-corrected chi connectivity index (χ1v) is 5.42. The van der Waals surface area contributed by atoms with Crippen molar-refractivity contribution in [3.05, 3.63) is 22.4 Å². The Labute approximate surface area is 92.2 Å². The van der Waals surface area contributed by atoms with Gasteiger partial charge in [-0.15, -0.1) is 11.3 Å². The van der Waals surface area contributed by atoms with Crippen LogP contribution in [0.3, 0.4) is 0 Å². The van der Waals surface area contributed by atoms with Gasteiger partial charge in [0.15, 0.2) is 0 Å². The van der Waals surface area contributed by atoms with Gasteiger partial charge in [-0.3, -0.25) is 9.59 Å². The molecule has 1 N–H and O–H groups in total. The third-order valence-electron chi connectivity index (χ3n) is 1.92. The van der Waals surface area contributed by atoms with E-state index in [9.17, 15) is 9.59 Å². The summed E-state index contributed by atoms with van der Waals surface area (Å²) in [5, 5.41) is 4.50. The number of rotatable bonds is 4. The Hall–Kier alpha value is -1.36. The molecular formula is C10H13NO3S. The Bertz CT molecular complexity index is 334. The molecule has 1 atom stereocenters. The molecule has 0 aliphatic heterocycles. The molecule has 0 aromatic carbocycles. The summed E-state index contributed by atoms with van der Waals surface area (Å²) >= 11 is 1.37. The highest BCUT2D eigenvalue weighted by molar-refractivity contribution is 7.12. The number of carbonyl (C=O) groups is 2. The minimum atomic E-state index is -0.320. The fraction of sp³-hybridized carbons (Fsp3) is 0.400. The molecule has 0 saturated carbocycles. The average molecular weight is 227 g/mol. The van der Waals surface area contributed by atoms with Gasteiger partial charge < -0.3 is 10.1 Å². The van der Waals surface area contributed by atoms with E-state index in [1.54, 1.807) is 13.0 Å². The Balaban J connectivity index is 2.38. The molecule has 82 valence electrons. The van der Waals surface area contributed by atoms with Gasteiger partial charge in [0.2, 0.25) is 0 Å². The summed E-state index contributed by atoms with van der Waals surface area (Å²) in [5.41, 5.74) is 0. The summed E-state index contributed by atoms with van der Waals surface area (Å²) < 4.78 is 4.55. The largest absolute Gasteiger partial charge is 0.469 e. The molecule has 1 heterocycles. The van der Waals surface area contributed by atoms with Crippen molar-refractivity contribution in [3.8, 4) is 0 Å². The third-order valence-corrected chi connectivity index (χ3v) is 2.79. The zero-order valence-corrected chi connectivity index (χ0v) is 9.47. The zero-order chi connectivity index (χ0) is 11.3. The van der Waals surface area contributed by atoms with Gasteiger partial charge in [0.1, 0.15) is 0 Å². The van der Waals surface area contributed by atoms with Crippen LogP contribution in [0.4, 0.5) is 0 Å². The van der Waals surface area contributed by atoms with Crippen molar-refractivity contribution in [2.45, 2.75) is 6.92 Å². The quantitative estimate of drug-likeness (QED) is 0.788. The van der Waals surface area contributed by atoms with Crippen LogP contribution >= 0.6 is 11.3 Å². The topological polar surface area (TPSA) is 55.4 Å². The van der Waals surface area contributed by atoms with Crippen molar-refractivity contribution in [2.75, 3.05) is 13.7 Å². The van der Waals surface area contributed by atoms with Gasteiger partial charge in [0.25, 0.3) is 5.91 Å². The van der Waals surface area contributed by atoms with E-state index in [1.165, 1.54) is 18.4 Å². The molecule has 1 aromatic heterocycles. The van der Waals surface area contributed by atoms with Crippen molar-refractivity contribution in [3.63, 3.8) is 0 Å². The Morgan fingerprint density at radius 3 is 2.87 bits per heavy atom. The summed E-state index contributed by atoms with van der Waals surface area (Å²) in [6.45, 7) is 2.00. The van der Waals surface area contributed by atoms with Gasteiger partial charge in [-0.1, -0.05) is 13.0 Å². The Kier molecular flexibility index (Phi) is 4.30. The van der Waals surface area contributed by atoms with Crippen molar-refractivity contribution >= 4 is 23.2 Å². The first-order valence-electron chi connectivity index (χ1n) is 4.54.